The van der Waals surface area contributed by atoms with Crippen molar-refractivity contribution < 1.29 is 9.59 Å². The third-order valence-electron chi connectivity index (χ3n) is 4.82. The molecule has 0 aromatic heterocycles. The van der Waals surface area contributed by atoms with Crippen molar-refractivity contribution in [2.75, 3.05) is 26.2 Å². The molecule has 0 N–H and O–H groups in total. The second kappa shape index (κ2) is 7.62. The minimum atomic E-state index is -0.410. The van der Waals surface area contributed by atoms with Gasteiger partial charge in [0.25, 0.3) is 5.91 Å². The molecule has 0 unspecified atom stereocenters. The van der Waals surface area contributed by atoms with Crippen LogP contribution in [0.1, 0.15) is 27.0 Å². The molecule has 0 bridgehead atoms. The zero-order valence-corrected chi connectivity index (χ0v) is 14.9. The Morgan fingerprint density at radius 3 is 2.16 bits per heavy atom. The Balaban J connectivity index is 1.56. The van der Waals surface area contributed by atoms with Gasteiger partial charge in [-0.1, -0.05) is 54.1 Å². The normalized spacial score (nSPS) is 15.2. The number of carbonyl (C=O) groups is 2. The third-order valence-corrected chi connectivity index (χ3v) is 4.82. The molecule has 1 amide bonds. The van der Waals surface area contributed by atoms with E-state index in [-0.39, 0.29) is 5.91 Å². The van der Waals surface area contributed by atoms with E-state index in [0.29, 0.717) is 18.7 Å². The Hall–Kier alpha value is -2.46. The molecule has 2 aromatic carbocycles. The summed E-state index contributed by atoms with van der Waals surface area (Å²) < 4.78 is 0. The average molecular weight is 336 g/mol. The summed E-state index contributed by atoms with van der Waals surface area (Å²) in [7, 11) is 0. The molecule has 0 aliphatic carbocycles. The molecule has 1 aliphatic rings. The summed E-state index contributed by atoms with van der Waals surface area (Å²) in [5.41, 5.74) is 4.15. The van der Waals surface area contributed by atoms with Crippen LogP contribution in [0.15, 0.2) is 48.5 Å². The first-order valence-electron chi connectivity index (χ1n) is 8.72. The van der Waals surface area contributed by atoms with Gasteiger partial charge in [0.15, 0.2) is 0 Å². The molecular formula is C21H24N2O2. The maximum Gasteiger partial charge on any atom is 0.295 e. The number of carbonyl (C=O) groups excluding carboxylic acids is 2. The van der Waals surface area contributed by atoms with Crippen LogP contribution in [0, 0.1) is 13.8 Å². The molecule has 25 heavy (non-hydrogen) atoms. The first kappa shape index (κ1) is 17.4. The Bertz CT molecular complexity index is 760. The number of nitrogens with zero attached hydrogens (tertiary/aromatic N) is 2. The molecule has 3 rings (SSSR count). The van der Waals surface area contributed by atoms with Crippen LogP contribution in [0.5, 0.6) is 0 Å². The summed E-state index contributed by atoms with van der Waals surface area (Å²) in [6.45, 7) is 7.76. The number of ketones is 1. The van der Waals surface area contributed by atoms with Crippen molar-refractivity contribution in [1.29, 1.82) is 0 Å². The molecule has 1 aliphatic heterocycles. The zero-order valence-electron chi connectivity index (χ0n) is 14.9. The van der Waals surface area contributed by atoms with Crippen LogP contribution in [0.4, 0.5) is 0 Å². The van der Waals surface area contributed by atoms with Crippen molar-refractivity contribution in [1.82, 2.24) is 9.80 Å². The number of piperazine rings is 1. The van der Waals surface area contributed by atoms with Crippen LogP contribution in [-0.4, -0.2) is 47.7 Å². The fourth-order valence-electron chi connectivity index (χ4n) is 3.11. The van der Waals surface area contributed by atoms with Gasteiger partial charge in [-0.3, -0.25) is 14.5 Å². The number of aryl methyl sites for hydroxylation is 2. The van der Waals surface area contributed by atoms with Crippen LogP contribution in [-0.2, 0) is 11.3 Å². The molecule has 1 fully saturated rings. The van der Waals surface area contributed by atoms with Gasteiger partial charge in [0.1, 0.15) is 0 Å². The molecule has 4 nitrogen and oxygen atoms in total. The number of hydrogen-bond donors (Lipinski definition) is 0. The largest absolute Gasteiger partial charge is 0.333 e. The minimum absolute atomic E-state index is 0.389. The predicted octanol–water partition coefficient (Wildman–Crippen LogP) is 2.83. The maximum absolute atomic E-state index is 12.5. The summed E-state index contributed by atoms with van der Waals surface area (Å²) in [6, 6.07) is 15.5. The number of amides is 1. The van der Waals surface area contributed by atoms with Crippen LogP contribution < -0.4 is 0 Å². The Kier molecular flexibility index (Phi) is 5.29. The molecule has 0 saturated carbocycles. The van der Waals surface area contributed by atoms with E-state index in [1.807, 2.05) is 25.1 Å². The molecule has 1 saturated heterocycles. The lowest BCUT2D eigenvalue weighted by Crippen LogP contribution is -2.50. The van der Waals surface area contributed by atoms with Crippen molar-refractivity contribution in [3.63, 3.8) is 0 Å². The monoisotopic (exact) mass is 336 g/mol. The fourth-order valence-corrected chi connectivity index (χ4v) is 3.11. The van der Waals surface area contributed by atoms with E-state index in [4.69, 9.17) is 0 Å². The van der Waals surface area contributed by atoms with Gasteiger partial charge in [0, 0.05) is 38.3 Å². The smallest absolute Gasteiger partial charge is 0.295 e. The maximum atomic E-state index is 12.5. The highest BCUT2D eigenvalue weighted by atomic mass is 16.2. The van der Waals surface area contributed by atoms with E-state index in [1.165, 1.54) is 11.1 Å². The molecule has 0 radical (unpaired) electrons. The van der Waals surface area contributed by atoms with E-state index < -0.39 is 5.78 Å². The molecule has 4 heteroatoms. The van der Waals surface area contributed by atoms with Crippen molar-refractivity contribution in [2.45, 2.75) is 20.4 Å². The molecule has 0 spiro atoms. The number of rotatable bonds is 4. The summed E-state index contributed by atoms with van der Waals surface area (Å²) in [5, 5.41) is 0. The zero-order chi connectivity index (χ0) is 17.8. The van der Waals surface area contributed by atoms with E-state index in [0.717, 1.165) is 25.2 Å². The highest BCUT2D eigenvalue weighted by Crippen LogP contribution is 2.13. The first-order valence-corrected chi connectivity index (χ1v) is 8.72. The lowest BCUT2D eigenvalue weighted by Gasteiger charge is -2.34. The molecule has 1 heterocycles. The Morgan fingerprint density at radius 1 is 0.880 bits per heavy atom. The highest BCUT2D eigenvalue weighted by Gasteiger charge is 2.26. The summed E-state index contributed by atoms with van der Waals surface area (Å²) in [4.78, 5) is 28.8. The molecule has 0 atom stereocenters. The third kappa shape index (κ3) is 4.15. The lowest BCUT2D eigenvalue weighted by molar-refractivity contribution is -0.128. The topological polar surface area (TPSA) is 40.6 Å². The lowest BCUT2D eigenvalue weighted by atomic mass is 10.1. The number of hydrogen-bond acceptors (Lipinski definition) is 3. The quantitative estimate of drug-likeness (QED) is 0.637. The van der Waals surface area contributed by atoms with Crippen LogP contribution >= 0.6 is 0 Å². The van der Waals surface area contributed by atoms with Crippen molar-refractivity contribution in [2.24, 2.45) is 0 Å². The van der Waals surface area contributed by atoms with Gasteiger partial charge in [-0.15, -0.1) is 0 Å². The molecule has 130 valence electrons. The van der Waals surface area contributed by atoms with Gasteiger partial charge >= 0.3 is 0 Å². The molecule has 2 aromatic rings. The molecular weight excluding hydrogens is 312 g/mol. The summed E-state index contributed by atoms with van der Waals surface area (Å²) in [6.07, 6.45) is 0. The Labute approximate surface area is 149 Å². The fraction of sp³-hybridized carbons (Fsp3) is 0.333. The van der Waals surface area contributed by atoms with Gasteiger partial charge in [0.05, 0.1) is 0 Å². The summed E-state index contributed by atoms with van der Waals surface area (Å²) >= 11 is 0. The van der Waals surface area contributed by atoms with E-state index in [1.54, 1.807) is 17.0 Å². The van der Waals surface area contributed by atoms with Gasteiger partial charge in [-0.05, 0) is 25.0 Å². The average Bonchev–Trinajstić information content (AvgIpc) is 2.64. The Morgan fingerprint density at radius 2 is 1.52 bits per heavy atom. The van der Waals surface area contributed by atoms with Crippen molar-refractivity contribution in [3.05, 3.63) is 70.8 Å². The van der Waals surface area contributed by atoms with Crippen LogP contribution in [0.3, 0.4) is 0 Å². The van der Waals surface area contributed by atoms with E-state index >= 15 is 0 Å². The highest BCUT2D eigenvalue weighted by molar-refractivity contribution is 6.42. The van der Waals surface area contributed by atoms with Gasteiger partial charge in [0.2, 0.25) is 5.78 Å². The second-order valence-corrected chi connectivity index (χ2v) is 6.69. The number of Topliss-reactive ketones (excluding diaryl/α,β-unsaturated/α-hetero) is 1. The van der Waals surface area contributed by atoms with Crippen molar-refractivity contribution >= 4 is 11.7 Å². The SMILES string of the molecule is Cc1ccc(C(=O)C(=O)N2CCN(Cc3ccccc3C)CC2)cc1. The standard InChI is InChI=1S/C21H24N2O2/c1-16-7-9-18(10-8-16)20(24)21(25)23-13-11-22(12-14-23)15-19-6-4-3-5-17(19)2/h3-10H,11-15H2,1-2H3. The summed E-state index contributed by atoms with van der Waals surface area (Å²) in [5.74, 6) is -0.799. The minimum Gasteiger partial charge on any atom is -0.333 e. The van der Waals surface area contributed by atoms with Crippen LogP contribution in [0.25, 0.3) is 0 Å². The van der Waals surface area contributed by atoms with E-state index in [2.05, 4.69) is 30.0 Å². The first-order chi connectivity index (χ1) is 12.0. The van der Waals surface area contributed by atoms with Gasteiger partial charge in [-0.25, -0.2) is 0 Å². The van der Waals surface area contributed by atoms with Gasteiger partial charge < -0.3 is 4.90 Å². The number of benzene rings is 2. The predicted molar refractivity (Wildman–Crippen MR) is 98.5 cm³/mol. The van der Waals surface area contributed by atoms with Gasteiger partial charge in [-0.2, -0.15) is 0 Å². The van der Waals surface area contributed by atoms with Crippen molar-refractivity contribution in [3.8, 4) is 0 Å². The second-order valence-electron chi connectivity index (χ2n) is 6.69. The van der Waals surface area contributed by atoms with E-state index in [9.17, 15) is 9.59 Å². The van der Waals surface area contributed by atoms with Crippen LogP contribution in [0.2, 0.25) is 0 Å².